The molecular weight excluding hydrogens is 372 g/mol. The maximum absolute atomic E-state index is 5.95. The second-order valence-electron chi connectivity index (χ2n) is 7.70. The molecule has 0 spiro atoms. The average molecular weight is 392 g/mol. The zero-order valence-electron chi connectivity index (χ0n) is 15.3. The number of likely N-dealkylation sites (tertiary alicyclic amines) is 1. The zero-order chi connectivity index (χ0) is 18.5. The lowest BCUT2D eigenvalue weighted by molar-refractivity contribution is 0.305. The van der Waals surface area contributed by atoms with E-state index in [1.807, 2.05) is 30.5 Å². The molecule has 2 aliphatic rings. The van der Waals surface area contributed by atoms with Gasteiger partial charge in [-0.1, -0.05) is 11.3 Å². The van der Waals surface area contributed by atoms with Crippen LogP contribution in [0, 0.1) is 11.8 Å². The summed E-state index contributed by atoms with van der Waals surface area (Å²) in [6.45, 7) is 5.63. The quantitative estimate of drug-likeness (QED) is 0.569. The minimum atomic E-state index is 0.594. The molecule has 5 heterocycles. The van der Waals surface area contributed by atoms with Crippen molar-refractivity contribution in [1.29, 1.82) is 0 Å². The molecule has 2 unspecified atom stereocenters. The Labute approximate surface area is 166 Å². The van der Waals surface area contributed by atoms with Crippen molar-refractivity contribution < 1.29 is 9.15 Å². The van der Waals surface area contributed by atoms with Crippen molar-refractivity contribution in [3.05, 3.63) is 48.4 Å². The number of hydrogen-bond acceptors (Lipinski definition) is 7. The fourth-order valence-electron chi connectivity index (χ4n) is 4.47. The maximum atomic E-state index is 5.95. The van der Waals surface area contributed by atoms with Crippen LogP contribution in [0.2, 0.25) is 0 Å². The van der Waals surface area contributed by atoms with Crippen LogP contribution in [0.1, 0.15) is 5.56 Å². The molecule has 0 aliphatic carbocycles. The molecule has 0 amide bonds. The van der Waals surface area contributed by atoms with Crippen LogP contribution in [0.4, 0.5) is 0 Å². The third-order valence-electron chi connectivity index (χ3n) is 5.84. The Hall–Kier alpha value is -2.48. The van der Waals surface area contributed by atoms with E-state index >= 15 is 0 Å². The van der Waals surface area contributed by atoms with Gasteiger partial charge in [-0.25, -0.2) is 4.98 Å². The molecule has 2 aliphatic heterocycles. The highest BCUT2D eigenvalue weighted by atomic mass is 32.1. The molecule has 6 rings (SSSR count). The van der Waals surface area contributed by atoms with Gasteiger partial charge in [0.2, 0.25) is 0 Å². The van der Waals surface area contributed by atoms with Crippen molar-refractivity contribution >= 4 is 32.7 Å². The second-order valence-corrected chi connectivity index (χ2v) is 8.69. The van der Waals surface area contributed by atoms with Gasteiger partial charge in [-0.2, -0.15) is 4.98 Å². The van der Waals surface area contributed by atoms with Crippen LogP contribution in [-0.4, -0.2) is 41.0 Å². The summed E-state index contributed by atoms with van der Waals surface area (Å²) in [6.07, 6.45) is 3.63. The zero-order valence-corrected chi connectivity index (χ0v) is 16.1. The summed E-state index contributed by atoms with van der Waals surface area (Å²) in [4.78, 5) is 11.2. The standard InChI is InChI=1S/C21H20N4O2S/c1-2-19-20(23-5-1)24-21(28-19)27-16-3-4-17-15(12-26-18(17)6-16)11-25-9-13-7-22-8-14(13)10-25/h1-6,12-14,22H,7-11H2. The van der Waals surface area contributed by atoms with E-state index in [0.717, 1.165) is 58.5 Å². The van der Waals surface area contributed by atoms with Crippen LogP contribution in [0.25, 0.3) is 21.3 Å². The fourth-order valence-corrected chi connectivity index (χ4v) is 5.26. The van der Waals surface area contributed by atoms with E-state index in [4.69, 9.17) is 9.15 Å². The number of hydrogen-bond donors (Lipinski definition) is 1. The van der Waals surface area contributed by atoms with E-state index in [1.54, 1.807) is 6.20 Å². The van der Waals surface area contributed by atoms with Gasteiger partial charge in [0.05, 0.1) is 11.0 Å². The van der Waals surface area contributed by atoms with E-state index in [0.29, 0.717) is 5.19 Å². The number of aromatic nitrogens is 2. The second kappa shape index (κ2) is 6.55. The van der Waals surface area contributed by atoms with Crippen LogP contribution in [0.15, 0.2) is 47.2 Å². The molecule has 2 saturated heterocycles. The van der Waals surface area contributed by atoms with E-state index in [1.165, 1.54) is 30.0 Å². The summed E-state index contributed by atoms with van der Waals surface area (Å²) in [5.41, 5.74) is 2.82. The van der Waals surface area contributed by atoms with Crippen LogP contribution in [0.3, 0.4) is 0 Å². The van der Waals surface area contributed by atoms with Gasteiger partial charge in [0.25, 0.3) is 5.19 Å². The summed E-state index contributed by atoms with van der Waals surface area (Å²) < 4.78 is 12.8. The third-order valence-corrected chi connectivity index (χ3v) is 6.72. The van der Waals surface area contributed by atoms with E-state index < -0.39 is 0 Å². The Kier molecular flexibility index (Phi) is 3.85. The fraction of sp³-hybridized carbons (Fsp3) is 0.333. The predicted molar refractivity (Wildman–Crippen MR) is 109 cm³/mol. The molecule has 6 nitrogen and oxygen atoms in total. The minimum absolute atomic E-state index is 0.594. The van der Waals surface area contributed by atoms with Crippen molar-refractivity contribution in [2.75, 3.05) is 26.2 Å². The smallest absolute Gasteiger partial charge is 0.281 e. The predicted octanol–water partition coefficient (Wildman–Crippen LogP) is 3.88. The van der Waals surface area contributed by atoms with Crippen molar-refractivity contribution in [2.45, 2.75) is 6.54 Å². The first-order chi connectivity index (χ1) is 13.8. The lowest BCUT2D eigenvalue weighted by Gasteiger charge is -2.15. The molecule has 4 aromatic rings. The van der Waals surface area contributed by atoms with E-state index in [2.05, 4.69) is 26.3 Å². The lowest BCUT2D eigenvalue weighted by Crippen LogP contribution is -2.25. The third kappa shape index (κ3) is 2.87. The molecule has 0 radical (unpaired) electrons. The van der Waals surface area contributed by atoms with Gasteiger partial charge in [0.1, 0.15) is 11.3 Å². The summed E-state index contributed by atoms with van der Waals surface area (Å²) in [7, 11) is 0. The Bertz CT molecular complexity index is 1110. The van der Waals surface area contributed by atoms with Crippen molar-refractivity contribution in [1.82, 2.24) is 20.2 Å². The number of ether oxygens (including phenoxy) is 1. The van der Waals surface area contributed by atoms with Gasteiger partial charge in [-0.3, -0.25) is 4.90 Å². The molecule has 142 valence electrons. The topological polar surface area (TPSA) is 63.4 Å². The van der Waals surface area contributed by atoms with Crippen molar-refractivity contribution in [2.24, 2.45) is 11.8 Å². The molecule has 2 atom stereocenters. The van der Waals surface area contributed by atoms with Crippen LogP contribution in [0.5, 0.6) is 10.9 Å². The monoisotopic (exact) mass is 392 g/mol. The summed E-state index contributed by atoms with van der Waals surface area (Å²) in [5, 5.41) is 5.26. The highest BCUT2D eigenvalue weighted by Gasteiger charge is 2.36. The highest BCUT2D eigenvalue weighted by molar-refractivity contribution is 7.20. The van der Waals surface area contributed by atoms with Gasteiger partial charge in [0.15, 0.2) is 5.65 Å². The number of nitrogens with one attached hydrogen (secondary N) is 1. The summed E-state index contributed by atoms with van der Waals surface area (Å²) in [6, 6.07) is 9.93. The van der Waals surface area contributed by atoms with E-state index in [9.17, 15) is 0 Å². The van der Waals surface area contributed by atoms with Crippen molar-refractivity contribution in [3.8, 4) is 10.9 Å². The van der Waals surface area contributed by atoms with Crippen LogP contribution in [-0.2, 0) is 6.54 Å². The Morgan fingerprint density at radius 3 is 2.96 bits per heavy atom. The number of fused-ring (bicyclic) bond motifs is 3. The number of nitrogens with zero attached hydrogens (tertiary/aromatic N) is 3. The molecule has 7 heteroatoms. The Balaban J connectivity index is 1.21. The van der Waals surface area contributed by atoms with Gasteiger partial charge in [-0.05, 0) is 49.2 Å². The normalized spacial score (nSPS) is 22.3. The Morgan fingerprint density at radius 2 is 2.11 bits per heavy atom. The summed E-state index contributed by atoms with van der Waals surface area (Å²) in [5.74, 6) is 2.34. The molecule has 2 fully saturated rings. The Morgan fingerprint density at radius 1 is 1.21 bits per heavy atom. The van der Waals surface area contributed by atoms with Crippen LogP contribution < -0.4 is 10.1 Å². The minimum Gasteiger partial charge on any atom is -0.464 e. The van der Waals surface area contributed by atoms with E-state index in [-0.39, 0.29) is 0 Å². The number of rotatable bonds is 4. The molecular formula is C21H20N4O2S. The lowest BCUT2D eigenvalue weighted by atomic mass is 10.0. The first kappa shape index (κ1) is 16.5. The molecule has 0 saturated carbocycles. The highest BCUT2D eigenvalue weighted by Crippen LogP contribution is 2.34. The number of benzene rings is 1. The molecule has 0 bridgehead atoms. The van der Waals surface area contributed by atoms with Crippen molar-refractivity contribution in [3.63, 3.8) is 0 Å². The number of pyridine rings is 1. The molecule has 1 N–H and O–H groups in total. The first-order valence-electron chi connectivity index (χ1n) is 9.64. The molecule has 28 heavy (non-hydrogen) atoms. The maximum Gasteiger partial charge on any atom is 0.281 e. The largest absolute Gasteiger partial charge is 0.464 e. The van der Waals surface area contributed by atoms with Gasteiger partial charge < -0.3 is 14.5 Å². The SMILES string of the molecule is c1cnc2nc(Oc3ccc4c(CN5CC6CNCC6C5)coc4c3)sc2c1. The average Bonchev–Trinajstić information content (AvgIpc) is 3.44. The van der Waals surface area contributed by atoms with Gasteiger partial charge in [0, 0.05) is 42.8 Å². The van der Waals surface area contributed by atoms with Crippen LogP contribution >= 0.6 is 11.3 Å². The number of thiazole rings is 1. The summed E-state index contributed by atoms with van der Waals surface area (Å²) >= 11 is 1.49. The van der Waals surface area contributed by atoms with Gasteiger partial charge >= 0.3 is 0 Å². The number of furan rings is 1. The first-order valence-corrected chi connectivity index (χ1v) is 10.5. The van der Waals surface area contributed by atoms with Gasteiger partial charge in [-0.15, -0.1) is 0 Å². The molecule has 1 aromatic carbocycles. The molecule has 3 aromatic heterocycles.